The zero-order valence-corrected chi connectivity index (χ0v) is 10.2. The molecule has 0 N–H and O–H groups in total. The number of ether oxygens (including phenoxy) is 1. The van der Waals surface area contributed by atoms with Crippen LogP contribution in [-0.2, 0) is 4.74 Å². The summed E-state index contributed by atoms with van der Waals surface area (Å²) in [7, 11) is 1.62. The molecule has 0 aliphatic carbocycles. The highest BCUT2D eigenvalue weighted by molar-refractivity contribution is 5.44. The minimum Gasteiger partial charge on any atom is -0.375 e. The van der Waals surface area contributed by atoms with Crippen LogP contribution in [0.5, 0.6) is 0 Å². The van der Waals surface area contributed by atoms with Crippen LogP contribution in [0.1, 0.15) is 17.2 Å². The van der Waals surface area contributed by atoms with Crippen molar-refractivity contribution in [2.24, 2.45) is 0 Å². The highest BCUT2D eigenvalue weighted by Crippen LogP contribution is 2.31. The first kappa shape index (κ1) is 12.3. The van der Waals surface area contributed by atoms with Crippen molar-refractivity contribution < 1.29 is 4.74 Å². The van der Waals surface area contributed by atoms with E-state index in [0.29, 0.717) is 5.92 Å². The molecular formula is C16H14NO. The summed E-state index contributed by atoms with van der Waals surface area (Å²) in [6, 6.07) is 21.7. The molecule has 0 bridgehead atoms. The maximum absolute atomic E-state index is 9.38. The lowest BCUT2D eigenvalue weighted by Crippen LogP contribution is -2.12. The molecule has 2 rings (SSSR count). The van der Waals surface area contributed by atoms with Gasteiger partial charge in [-0.3, -0.25) is 0 Å². The summed E-state index contributed by atoms with van der Waals surface area (Å²) in [4.78, 5) is 0. The van der Waals surface area contributed by atoms with Gasteiger partial charge in [0.1, 0.15) is 12.0 Å². The van der Waals surface area contributed by atoms with Gasteiger partial charge in [-0.2, -0.15) is 5.26 Å². The van der Waals surface area contributed by atoms with Crippen LogP contribution in [0.25, 0.3) is 0 Å². The highest BCUT2D eigenvalue weighted by atomic mass is 16.5. The second-order valence-electron chi connectivity index (χ2n) is 3.92. The van der Waals surface area contributed by atoms with Crippen molar-refractivity contribution in [1.29, 1.82) is 5.26 Å². The molecule has 0 aliphatic rings. The normalized spacial score (nSPS) is 12.1. The second kappa shape index (κ2) is 6.00. The summed E-state index contributed by atoms with van der Waals surface area (Å²) >= 11 is 0. The summed E-state index contributed by atoms with van der Waals surface area (Å²) < 4.78 is 5.48. The molecule has 1 atom stereocenters. The van der Waals surface area contributed by atoms with E-state index in [1.807, 2.05) is 60.7 Å². The molecule has 18 heavy (non-hydrogen) atoms. The average Bonchev–Trinajstić information content (AvgIpc) is 2.46. The third-order valence-electron chi connectivity index (χ3n) is 2.81. The Bertz CT molecular complexity index is 516. The van der Waals surface area contributed by atoms with Gasteiger partial charge in [-0.1, -0.05) is 60.7 Å². The smallest absolute Gasteiger partial charge is 0.138 e. The molecule has 2 aromatic carbocycles. The average molecular weight is 236 g/mol. The Labute approximate surface area is 107 Å². The Morgan fingerprint density at radius 3 is 2.06 bits per heavy atom. The van der Waals surface area contributed by atoms with Gasteiger partial charge in [-0.15, -0.1) is 0 Å². The molecule has 0 saturated carbocycles. The maximum Gasteiger partial charge on any atom is 0.138 e. The van der Waals surface area contributed by atoms with E-state index in [1.165, 1.54) is 0 Å². The number of nitriles is 1. The fraction of sp³-hybridized carbons (Fsp3) is 0.125. The third-order valence-corrected chi connectivity index (χ3v) is 2.81. The van der Waals surface area contributed by atoms with E-state index < -0.39 is 0 Å². The lowest BCUT2D eigenvalue weighted by Gasteiger charge is -2.20. The number of hydrogen-bond donors (Lipinski definition) is 0. The van der Waals surface area contributed by atoms with Crippen molar-refractivity contribution in [2.45, 2.75) is 6.10 Å². The first-order valence-corrected chi connectivity index (χ1v) is 5.77. The number of methoxy groups -OCH3 is 1. The van der Waals surface area contributed by atoms with Crippen molar-refractivity contribution >= 4 is 0 Å². The molecule has 2 nitrogen and oxygen atoms in total. The Morgan fingerprint density at radius 2 is 1.56 bits per heavy atom. The quantitative estimate of drug-likeness (QED) is 0.813. The van der Waals surface area contributed by atoms with Crippen molar-refractivity contribution in [3.63, 3.8) is 0 Å². The van der Waals surface area contributed by atoms with Crippen LogP contribution < -0.4 is 0 Å². The first-order valence-electron chi connectivity index (χ1n) is 5.77. The molecule has 1 radical (unpaired) electrons. The predicted molar refractivity (Wildman–Crippen MR) is 70.6 cm³/mol. The Morgan fingerprint density at radius 1 is 1.00 bits per heavy atom. The molecule has 0 fully saturated rings. The SMILES string of the molecule is COC([C](C#N)c1ccccc1)c1ccccc1. The molecule has 0 saturated heterocycles. The third kappa shape index (κ3) is 2.58. The summed E-state index contributed by atoms with van der Waals surface area (Å²) in [6.07, 6.45) is -0.321. The molecule has 2 aromatic rings. The van der Waals surface area contributed by atoms with Gasteiger partial charge in [0, 0.05) is 7.11 Å². The maximum atomic E-state index is 9.38. The van der Waals surface area contributed by atoms with Crippen LogP contribution in [-0.4, -0.2) is 7.11 Å². The zero-order valence-electron chi connectivity index (χ0n) is 10.2. The fourth-order valence-electron chi connectivity index (χ4n) is 1.94. The van der Waals surface area contributed by atoms with E-state index in [1.54, 1.807) is 7.11 Å². The van der Waals surface area contributed by atoms with Crippen LogP contribution >= 0.6 is 0 Å². The Hall–Kier alpha value is -2.11. The molecule has 1 unspecified atom stereocenters. The monoisotopic (exact) mass is 236 g/mol. The highest BCUT2D eigenvalue weighted by Gasteiger charge is 2.25. The number of benzene rings is 2. The number of rotatable bonds is 4. The summed E-state index contributed by atoms with van der Waals surface area (Å²) in [5, 5.41) is 9.38. The Balaban J connectivity index is 2.35. The van der Waals surface area contributed by atoms with Gasteiger partial charge in [0.25, 0.3) is 0 Å². The van der Waals surface area contributed by atoms with Crippen molar-refractivity contribution in [3.8, 4) is 6.07 Å². The van der Waals surface area contributed by atoms with Gasteiger partial charge in [0.15, 0.2) is 0 Å². The molecule has 0 amide bonds. The van der Waals surface area contributed by atoms with Crippen LogP contribution in [0.15, 0.2) is 60.7 Å². The standard InChI is InChI=1S/C16H14NO/c1-18-16(14-10-6-3-7-11-14)15(12-17)13-8-4-2-5-9-13/h2-11,16H,1H3. The van der Waals surface area contributed by atoms with E-state index in [4.69, 9.17) is 4.74 Å². The van der Waals surface area contributed by atoms with E-state index in [2.05, 4.69) is 6.07 Å². The van der Waals surface area contributed by atoms with E-state index in [0.717, 1.165) is 11.1 Å². The molecule has 0 heterocycles. The Kier molecular flexibility index (Phi) is 4.11. The van der Waals surface area contributed by atoms with Gasteiger partial charge in [-0.25, -0.2) is 0 Å². The molecular weight excluding hydrogens is 222 g/mol. The van der Waals surface area contributed by atoms with Gasteiger partial charge in [-0.05, 0) is 11.1 Å². The largest absolute Gasteiger partial charge is 0.375 e. The number of nitrogens with zero attached hydrogens (tertiary/aromatic N) is 1. The van der Waals surface area contributed by atoms with Crippen molar-refractivity contribution in [2.75, 3.05) is 7.11 Å². The minimum atomic E-state index is -0.321. The van der Waals surface area contributed by atoms with E-state index >= 15 is 0 Å². The van der Waals surface area contributed by atoms with Gasteiger partial charge < -0.3 is 4.74 Å². The van der Waals surface area contributed by atoms with Crippen LogP contribution in [0.2, 0.25) is 0 Å². The summed E-state index contributed by atoms with van der Waals surface area (Å²) in [6.45, 7) is 0. The van der Waals surface area contributed by atoms with Crippen LogP contribution in [0.3, 0.4) is 0 Å². The topological polar surface area (TPSA) is 33.0 Å². The van der Waals surface area contributed by atoms with Crippen molar-refractivity contribution in [1.82, 2.24) is 0 Å². The molecule has 0 aliphatic heterocycles. The van der Waals surface area contributed by atoms with Crippen LogP contribution in [0.4, 0.5) is 0 Å². The predicted octanol–water partition coefficient (Wildman–Crippen LogP) is 3.52. The van der Waals surface area contributed by atoms with E-state index in [-0.39, 0.29) is 6.10 Å². The zero-order chi connectivity index (χ0) is 12.8. The lowest BCUT2D eigenvalue weighted by atomic mass is 9.90. The van der Waals surface area contributed by atoms with Crippen LogP contribution in [0, 0.1) is 17.2 Å². The van der Waals surface area contributed by atoms with Gasteiger partial charge in [0.05, 0.1) is 6.07 Å². The number of hydrogen-bond acceptors (Lipinski definition) is 2. The van der Waals surface area contributed by atoms with Crippen molar-refractivity contribution in [3.05, 3.63) is 77.7 Å². The molecule has 2 heteroatoms. The first-order chi connectivity index (χ1) is 8.86. The second-order valence-corrected chi connectivity index (χ2v) is 3.92. The van der Waals surface area contributed by atoms with Gasteiger partial charge in [0.2, 0.25) is 0 Å². The molecule has 0 spiro atoms. The molecule has 89 valence electrons. The van der Waals surface area contributed by atoms with E-state index in [9.17, 15) is 5.26 Å². The molecule has 0 aromatic heterocycles. The fourth-order valence-corrected chi connectivity index (χ4v) is 1.94. The lowest BCUT2D eigenvalue weighted by molar-refractivity contribution is 0.124. The summed E-state index contributed by atoms with van der Waals surface area (Å²) in [5.74, 6) is 0.629. The van der Waals surface area contributed by atoms with Gasteiger partial charge >= 0.3 is 0 Å². The summed E-state index contributed by atoms with van der Waals surface area (Å²) in [5.41, 5.74) is 1.89. The minimum absolute atomic E-state index is 0.321.